The number of fused-ring (bicyclic) bond motifs is 4. The monoisotopic (exact) mass is 433 g/mol. The number of pyridine rings is 1. The molecule has 0 saturated heterocycles. The highest BCUT2D eigenvalue weighted by Gasteiger charge is 2.49. The van der Waals surface area contributed by atoms with Gasteiger partial charge in [0.1, 0.15) is 5.78 Å². The van der Waals surface area contributed by atoms with Crippen molar-refractivity contribution >= 4 is 16.7 Å². The van der Waals surface area contributed by atoms with Crippen LogP contribution in [0.15, 0.2) is 66.9 Å². The predicted octanol–water partition coefficient (Wildman–Crippen LogP) is 6.18. The largest absolute Gasteiger partial charge is 0.299 e. The lowest BCUT2D eigenvalue weighted by Crippen LogP contribution is -2.47. The zero-order chi connectivity index (χ0) is 22.6. The molecular formula is C29H27N3O. The average molecular weight is 434 g/mol. The normalized spacial score (nSPS) is 24.4. The minimum Gasteiger partial charge on any atom is -0.299 e. The van der Waals surface area contributed by atoms with Crippen molar-refractivity contribution in [3.05, 3.63) is 78.1 Å². The molecule has 3 atom stereocenters. The fourth-order valence-electron chi connectivity index (χ4n) is 6.17. The Morgan fingerprint density at radius 1 is 0.939 bits per heavy atom. The molecule has 4 aromatic rings. The second kappa shape index (κ2) is 7.58. The molecule has 4 heteroatoms. The first-order valence-corrected chi connectivity index (χ1v) is 11.9. The Balaban J connectivity index is 1.63. The van der Waals surface area contributed by atoms with Crippen molar-refractivity contribution in [3.63, 3.8) is 0 Å². The minimum atomic E-state index is -0.120. The van der Waals surface area contributed by atoms with Gasteiger partial charge in [0.2, 0.25) is 0 Å². The molecule has 0 amide bonds. The Morgan fingerprint density at radius 3 is 2.58 bits per heavy atom. The first-order valence-electron chi connectivity index (χ1n) is 11.9. The van der Waals surface area contributed by atoms with Crippen LogP contribution in [0, 0.1) is 11.8 Å². The van der Waals surface area contributed by atoms with Crippen LogP contribution in [0.2, 0.25) is 0 Å². The second-order valence-electron chi connectivity index (χ2n) is 9.78. The van der Waals surface area contributed by atoms with E-state index in [0.29, 0.717) is 18.1 Å². The topological polar surface area (TPSA) is 55.7 Å². The molecule has 0 radical (unpaired) electrons. The standard InChI is InChI=1S/C29H27N3O/c1-18-23-13-12-22-26(19-8-4-3-5-9-19)31-28(32-27(22)29(23,2)16-14-25(18)33)21-15-17-30-24-11-7-6-10-20(21)24/h3-11,15,17-18,23H,12-14,16H2,1-2H3/t18-,23-,29-/m1/s1. The van der Waals surface area contributed by atoms with Gasteiger partial charge in [-0.1, -0.05) is 62.4 Å². The van der Waals surface area contributed by atoms with Gasteiger partial charge in [0.25, 0.3) is 0 Å². The van der Waals surface area contributed by atoms with Crippen LogP contribution in [-0.2, 0) is 16.6 Å². The van der Waals surface area contributed by atoms with Crippen LogP contribution in [0.4, 0.5) is 0 Å². The fraction of sp³-hybridized carbons (Fsp3) is 0.310. The SMILES string of the molecule is C[C@H]1C(=O)CC[C@@]2(C)c3nc(-c4ccnc5ccccc45)nc(-c4ccccc4)c3CC[C@H]12. The Morgan fingerprint density at radius 2 is 1.73 bits per heavy atom. The zero-order valence-electron chi connectivity index (χ0n) is 19.1. The summed E-state index contributed by atoms with van der Waals surface area (Å²) in [5.74, 6) is 1.56. The molecule has 0 aliphatic heterocycles. The number of Topliss-reactive ketones (excluding diaryl/α,β-unsaturated/α-hetero) is 1. The van der Waals surface area contributed by atoms with Crippen molar-refractivity contribution < 1.29 is 4.79 Å². The molecule has 0 spiro atoms. The van der Waals surface area contributed by atoms with E-state index in [1.54, 1.807) is 0 Å². The number of carbonyl (C=O) groups is 1. The molecule has 164 valence electrons. The molecule has 2 heterocycles. The predicted molar refractivity (Wildman–Crippen MR) is 131 cm³/mol. The summed E-state index contributed by atoms with van der Waals surface area (Å²) in [4.78, 5) is 27.6. The van der Waals surface area contributed by atoms with E-state index in [-0.39, 0.29) is 11.3 Å². The van der Waals surface area contributed by atoms with Crippen LogP contribution >= 0.6 is 0 Å². The third kappa shape index (κ3) is 3.12. The van der Waals surface area contributed by atoms with Crippen molar-refractivity contribution in [2.45, 2.75) is 44.9 Å². The number of para-hydroxylation sites is 1. The number of hydrogen-bond donors (Lipinski definition) is 0. The maximum Gasteiger partial charge on any atom is 0.160 e. The highest BCUT2D eigenvalue weighted by Crippen LogP contribution is 2.52. The van der Waals surface area contributed by atoms with Crippen LogP contribution in [0.1, 0.15) is 44.4 Å². The molecule has 6 rings (SSSR count). The van der Waals surface area contributed by atoms with E-state index in [1.165, 1.54) is 5.56 Å². The van der Waals surface area contributed by atoms with Gasteiger partial charge in [0.05, 0.1) is 16.9 Å². The number of benzene rings is 2. The Labute approximate surface area is 194 Å². The number of ketones is 1. The van der Waals surface area contributed by atoms with Gasteiger partial charge in [-0.3, -0.25) is 9.78 Å². The summed E-state index contributed by atoms with van der Waals surface area (Å²) in [7, 11) is 0. The Kier molecular flexibility index (Phi) is 4.65. The molecular weight excluding hydrogens is 406 g/mol. The highest BCUT2D eigenvalue weighted by atomic mass is 16.1. The number of aromatic nitrogens is 3. The third-order valence-corrected chi connectivity index (χ3v) is 8.01. The van der Waals surface area contributed by atoms with E-state index >= 15 is 0 Å². The zero-order valence-corrected chi connectivity index (χ0v) is 19.1. The van der Waals surface area contributed by atoms with Crippen LogP contribution < -0.4 is 0 Å². The maximum absolute atomic E-state index is 12.6. The smallest absolute Gasteiger partial charge is 0.160 e. The first-order chi connectivity index (χ1) is 16.1. The third-order valence-electron chi connectivity index (χ3n) is 8.01. The summed E-state index contributed by atoms with van der Waals surface area (Å²) in [6.45, 7) is 4.45. The van der Waals surface area contributed by atoms with E-state index in [2.05, 4.69) is 49.2 Å². The van der Waals surface area contributed by atoms with Gasteiger partial charge < -0.3 is 0 Å². The molecule has 2 aliphatic rings. The molecule has 2 aromatic heterocycles. The van der Waals surface area contributed by atoms with E-state index < -0.39 is 0 Å². The van der Waals surface area contributed by atoms with Gasteiger partial charge in [-0.05, 0) is 37.3 Å². The average Bonchev–Trinajstić information content (AvgIpc) is 2.86. The van der Waals surface area contributed by atoms with E-state index in [1.807, 2.05) is 36.5 Å². The Hall–Kier alpha value is -3.40. The summed E-state index contributed by atoms with van der Waals surface area (Å²) in [6, 6.07) is 20.6. The lowest BCUT2D eigenvalue weighted by atomic mass is 9.56. The molecule has 2 aliphatic carbocycles. The molecule has 0 N–H and O–H groups in total. The van der Waals surface area contributed by atoms with Gasteiger partial charge in [0.15, 0.2) is 5.82 Å². The number of hydrogen-bond acceptors (Lipinski definition) is 4. The molecule has 1 fully saturated rings. The lowest BCUT2D eigenvalue weighted by molar-refractivity contribution is -0.128. The second-order valence-corrected chi connectivity index (χ2v) is 9.78. The summed E-state index contributed by atoms with van der Waals surface area (Å²) in [6.07, 6.45) is 5.25. The van der Waals surface area contributed by atoms with Gasteiger partial charge in [0, 0.05) is 46.0 Å². The van der Waals surface area contributed by atoms with Gasteiger partial charge in [-0.2, -0.15) is 0 Å². The van der Waals surface area contributed by atoms with Gasteiger partial charge >= 0.3 is 0 Å². The quantitative estimate of drug-likeness (QED) is 0.379. The molecule has 33 heavy (non-hydrogen) atoms. The van der Waals surface area contributed by atoms with Crippen LogP contribution in [-0.4, -0.2) is 20.7 Å². The lowest BCUT2D eigenvalue weighted by Gasteiger charge is -2.48. The van der Waals surface area contributed by atoms with Crippen LogP contribution in [0.5, 0.6) is 0 Å². The van der Waals surface area contributed by atoms with Crippen LogP contribution in [0.3, 0.4) is 0 Å². The number of nitrogens with zero attached hydrogens (tertiary/aromatic N) is 3. The van der Waals surface area contributed by atoms with Crippen molar-refractivity contribution in [2.24, 2.45) is 11.8 Å². The molecule has 0 bridgehead atoms. The summed E-state index contributed by atoms with van der Waals surface area (Å²) in [5, 5.41) is 1.06. The van der Waals surface area contributed by atoms with Crippen molar-refractivity contribution in [3.8, 4) is 22.6 Å². The van der Waals surface area contributed by atoms with Crippen molar-refractivity contribution in [1.82, 2.24) is 15.0 Å². The molecule has 4 nitrogen and oxygen atoms in total. The van der Waals surface area contributed by atoms with Crippen LogP contribution in [0.25, 0.3) is 33.5 Å². The Bertz CT molecular complexity index is 1380. The maximum atomic E-state index is 12.6. The summed E-state index contributed by atoms with van der Waals surface area (Å²) in [5.41, 5.74) is 6.38. The van der Waals surface area contributed by atoms with E-state index in [4.69, 9.17) is 9.97 Å². The molecule has 1 saturated carbocycles. The molecule has 0 unspecified atom stereocenters. The van der Waals surface area contributed by atoms with E-state index in [0.717, 1.165) is 58.5 Å². The summed E-state index contributed by atoms with van der Waals surface area (Å²) < 4.78 is 0. The van der Waals surface area contributed by atoms with E-state index in [9.17, 15) is 4.79 Å². The molecule has 2 aromatic carbocycles. The van der Waals surface area contributed by atoms with Crippen molar-refractivity contribution in [2.75, 3.05) is 0 Å². The van der Waals surface area contributed by atoms with Gasteiger partial charge in [-0.25, -0.2) is 9.97 Å². The minimum absolute atomic E-state index is 0.0808. The number of rotatable bonds is 2. The number of carbonyl (C=O) groups excluding carboxylic acids is 1. The first kappa shape index (κ1) is 20.2. The van der Waals surface area contributed by atoms with Crippen molar-refractivity contribution in [1.29, 1.82) is 0 Å². The van der Waals surface area contributed by atoms with Gasteiger partial charge in [-0.15, -0.1) is 0 Å². The summed E-state index contributed by atoms with van der Waals surface area (Å²) >= 11 is 0. The highest BCUT2D eigenvalue weighted by molar-refractivity contribution is 5.93. The fourth-order valence-corrected chi connectivity index (χ4v) is 6.17.